The molecule has 1 saturated carbocycles. The maximum absolute atomic E-state index is 6.11. The highest BCUT2D eigenvalue weighted by Crippen LogP contribution is 2.44. The van der Waals surface area contributed by atoms with E-state index < -0.39 is 0 Å². The van der Waals surface area contributed by atoms with Crippen molar-refractivity contribution < 1.29 is 0 Å². The van der Waals surface area contributed by atoms with Gasteiger partial charge >= 0.3 is 0 Å². The summed E-state index contributed by atoms with van der Waals surface area (Å²) in [6, 6.07) is 1.52. The average Bonchev–Trinajstić information content (AvgIpc) is 2.47. The topological polar surface area (TPSA) is 29.3 Å². The Hall–Kier alpha value is -0.0800. The zero-order valence-corrected chi connectivity index (χ0v) is 14.2. The molecule has 0 aromatic carbocycles. The fourth-order valence-corrected chi connectivity index (χ4v) is 4.50. The van der Waals surface area contributed by atoms with E-state index in [2.05, 4.69) is 32.6 Å². The molecular formula is C18H36N2. The Morgan fingerprint density at radius 1 is 1.15 bits per heavy atom. The van der Waals surface area contributed by atoms with Gasteiger partial charge in [0.1, 0.15) is 0 Å². The Morgan fingerprint density at radius 3 is 2.50 bits per heavy atom. The number of hydrogen-bond acceptors (Lipinski definition) is 2. The monoisotopic (exact) mass is 280 g/mol. The van der Waals surface area contributed by atoms with E-state index in [0.717, 1.165) is 30.5 Å². The number of rotatable bonds is 4. The van der Waals surface area contributed by atoms with Crippen molar-refractivity contribution in [3.05, 3.63) is 0 Å². The quantitative estimate of drug-likeness (QED) is 0.842. The molecule has 2 nitrogen and oxygen atoms in total. The Morgan fingerprint density at radius 2 is 1.90 bits per heavy atom. The average molecular weight is 280 g/mol. The summed E-state index contributed by atoms with van der Waals surface area (Å²) < 4.78 is 0. The van der Waals surface area contributed by atoms with E-state index in [4.69, 9.17) is 5.73 Å². The van der Waals surface area contributed by atoms with Crippen LogP contribution < -0.4 is 5.73 Å². The molecule has 118 valence electrons. The molecule has 0 radical (unpaired) electrons. The summed E-state index contributed by atoms with van der Waals surface area (Å²) in [5.74, 6) is 1.62. The van der Waals surface area contributed by atoms with Crippen molar-refractivity contribution >= 4 is 0 Å². The van der Waals surface area contributed by atoms with Crippen molar-refractivity contribution in [2.45, 2.75) is 84.7 Å². The van der Waals surface area contributed by atoms with Crippen LogP contribution in [0.1, 0.15) is 72.6 Å². The molecule has 4 unspecified atom stereocenters. The largest absolute Gasteiger partial charge is 0.330 e. The smallest absolute Gasteiger partial charge is 0.0141 e. The summed E-state index contributed by atoms with van der Waals surface area (Å²) >= 11 is 0. The van der Waals surface area contributed by atoms with E-state index in [1.165, 1.54) is 51.5 Å². The van der Waals surface area contributed by atoms with E-state index >= 15 is 0 Å². The molecule has 0 aromatic heterocycles. The van der Waals surface area contributed by atoms with Crippen molar-refractivity contribution in [2.24, 2.45) is 23.0 Å². The first-order chi connectivity index (χ1) is 9.49. The molecule has 20 heavy (non-hydrogen) atoms. The number of hydrogen-bond donors (Lipinski definition) is 1. The standard InChI is InChI=1S/C18H36N2/c1-5-18(3,4)16-10-9-15(13-19)17(12-16)20-11-7-6-8-14(20)2/h14-17H,5-13,19H2,1-4H3. The van der Waals surface area contributed by atoms with Gasteiger partial charge in [0, 0.05) is 12.1 Å². The zero-order chi connectivity index (χ0) is 14.8. The summed E-state index contributed by atoms with van der Waals surface area (Å²) in [6.45, 7) is 11.9. The minimum atomic E-state index is 0.497. The SMILES string of the molecule is CCC(C)(C)C1CCC(CN)C(N2CCCCC2C)C1. The van der Waals surface area contributed by atoms with Gasteiger partial charge in [-0.1, -0.05) is 33.6 Å². The lowest BCUT2D eigenvalue weighted by Gasteiger charge is -2.49. The molecular weight excluding hydrogens is 244 g/mol. The van der Waals surface area contributed by atoms with Crippen LogP contribution in [0.15, 0.2) is 0 Å². The molecule has 2 N–H and O–H groups in total. The van der Waals surface area contributed by atoms with Crippen molar-refractivity contribution in [1.29, 1.82) is 0 Å². The second-order valence-electron chi connectivity index (χ2n) is 8.00. The summed E-state index contributed by atoms with van der Waals surface area (Å²) in [4.78, 5) is 2.82. The minimum absolute atomic E-state index is 0.497. The predicted molar refractivity (Wildman–Crippen MR) is 87.8 cm³/mol. The van der Waals surface area contributed by atoms with Gasteiger partial charge in [0.2, 0.25) is 0 Å². The number of nitrogens with two attached hydrogens (primary N) is 1. The third-order valence-corrected chi connectivity index (χ3v) is 6.56. The van der Waals surface area contributed by atoms with Crippen molar-refractivity contribution in [1.82, 2.24) is 4.90 Å². The van der Waals surface area contributed by atoms with Gasteiger partial charge in [-0.2, -0.15) is 0 Å². The van der Waals surface area contributed by atoms with Crippen LogP contribution in [0, 0.1) is 17.3 Å². The fourth-order valence-electron chi connectivity index (χ4n) is 4.50. The van der Waals surface area contributed by atoms with Gasteiger partial charge in [-0.25, -0.2) is 0 Å². The van der Waals surface area contributed by atoms with Crippen LogP contribution in [0.2, 0.25) is 0 Å². The van der Waals surface area contributed by atoms with Crippen molar-refractivity contribution in [2.75, 3.05) is 13.1 Å². The lowest BCUT2D eigenvalue weighted by Crippen LogP contribution is -2.53. The Balaban J connectivity index is 2.09. The van der Waals surface area contributed by atoms with E-state index in [0.29, 0.717) is 5.41 Å². The van der Waals surface area contributed by atoms with E-state index in [9.17, 15) is 0 Å². The first-order valence-electron chi connectivity index (χ1n) is 8.95. The first-order valence-corrected chi connectivity index (χ1v) is 8.95. The number of nitrogens with zero attached hydrogens (tertiary/aromatic N) is 1. The normalized spacial score (nSPS) is 37.0. The zero-order valence-electron chi connectivity index (χ0n) is 14.2. The maximum Gasteiger partial charge on any atom is 0.0141 e. The lowest BCUT2D eigenvalue weighted by atomic mass is 9.65. The number of likely N-dealkylation sites (tertiary alicyclic amines) is 1. The molecule has 2 heteroatoms. The molecule has 0 spiro atoms. The van der Waals surface area contributed by atoms with E-state index in [-0.39, 0.29) is 0 Å². The number of piperidine rings is 1. The van der Waals surface area contributed by atoms with Gasteiger partial charge < -0.3 is 5.73 Å². The fraction of sp³-hybridized carbons (Fsp3) is 1.00. The Kier molecular flexibility index (Phi) is 5.53. The molecule has 2 rings (SSSR count). The molecule has 1 aliphatic heterocycles. The summed E-state index contributed by atoms with van der Waals surface area (Å²) in [7, 11) is 0. The van der Waals surface area contributed by atoms with Crippen molar-refractivity contribution in [3.8, 4) is 0 Å². The third-order valence-electron chi connectivity index (χ3n) is 6.56. The third kappa shape index (κ3) is 3.39. The van der Waals surface area contributed by atoms with Crippen LogP contribution in [0.25, 0.3) is 0 Å². The van der Waals surface area contributed by atoms with Gasteiger partial charge in [-0.3, -0.25) is 4.90 Å². The molecule has 0 aromatic rings. The first kappa shape index (κ1) is 16.3. The summed E-state index contributed by atoms with van der Waals surface area (Å²) in [6.07, 6.45) is 9.61. The molecule has 0 bridgehead atoms. The lowest BCUT2D eigenvalue weighted by molar-refractivity contribution is 0.00495. The molecule has 0 amide bonds. The second kappa shape index (κ2) is 6.79. The van der Waals surface area contributed by atoms with Crippen molar-refractivity contribution in [3.63, 3.8) is 0 Å². The maximum atomic E-state index is 6.11. The highest BCUT2D eigenvalue weighted by molar-refractivity contribution is 4.94. The molecule has 1 saturated heterocycles. The van der Waals surface area contributed by atoms with Gasteiger partial charge in [-0.05, 0) is 69.4 Å². The van der Waals surface area contributed by atoms with Crippen LogP contribution in [-0.2, 0) is 0 Å². The molecule has 1 heterocycles. The van der Waals surface area contributed by atoms with Gasteiger partial charge in [0.15, 0.2) is 0 Å². The summed E-state index contributed by atoms with van der Waals surface area (Å²) in [5.41, 5.74) is 6.60. The minimum Gasteiger partial charge on any atom is -0.330 e. The van der Waals surface area contributed by atoms with Gasteiger partial charge in [0.25, 0.3) is 0 Å². The molecule has 2 aliphatic rings. The van der Waals surface area contributed by atoms with E-state index in [1.807, 2.05) is 0 Å². The van der Waals surface area contributed by atoms with Crippen LogP contribution in [0.3, 0.4) is 0 Å². The highest BCUT2D eigenvalue weighted by Gasteiger charge is 2.40. The van der Waals surface area contributed by atoms with Crippen LogP contribution in [0.5, 0.6) is 0 Å². The predicted octanol–water partition coefficient (Wildman–Crippen LogP) is 4.04. The van der Waals surface area contributed by atoms with Crippen LogP contribution in [-0.4, -0.2) is 30.1 Å². The van der Waals surface area contributed by atoms with E-state index in [1.54, 1.807) is 0 Å². The van der Waals surface area contributed by atoms with Gasteiger partial charge in [0.05, 0.1) is 0 Å². The Bertz CT molecular complexity index is 300. The Labute approximate surface area is 126 Å². The molecule has 4 atom stereocenters. The molecule has 2 fully saturated rings. The highest BCUT2D eigenvalue weighted by atomic mass is 15.2. The van der Waals surface area contributed by atoms with Crippen LogP contribution >= 0.6 is 0 Å². The summed E-state index contributed by atoms with van der Waals surface area (Å²) in [5, 5.41) is 0. The second-order valence-corrected chi connectivity index (χ2v) is 8.00. The molecule has 1 aliphatic carbocycles. The van der Waals surface area contributed by atoms with Crippen LogP contribution in [0.4, 0.5) is 0 Å². The van der Waals surface area contributed by atoms with Gasteiger partial charge in [-0.15, -0.1) is 0 Å².